The van der Waals surface area contributed by atoms with E-state index in [0.717, 1.165) is 6.42 Å². The van der Waals surface area contributed by atoms with Crippen LogP contribution in [-0.4, -0.2) is 36.8 Å². The van der Waals surface area contributed by atoms with Crippen molar-refractivity contribution >= 4 is 21.7 Å². The maximum absolute atomic E-state index is 11.8. The zero-order chi connectivity index (χ0) is 12.5. The van der Waals surface area contributed by atoms with Crippen LogP contribution in [0, 0.1) is 0 Å². The summed E-state index contributed by atoms with van der Waals surface area (Å²) >= 11 is 0. The van der Waals surface area contributed by atoms with E-state index >= 15 is 0 Å². The average Bonchev–Trinajstić information content (AvgIpc) is 2.28. The molecule has 1 aliphatic heterocycles. The van der Waals surface area contributed by atoms with Crippen molar-refractivity contribution in [3.05, 3.63) is 24.0 Å². The number of hydrogen-bond acceptors (Lipinski definition) is 4. The molecule has 1 N–H and O–H groups in total. The minimum Gasteiger partial charge on any atom is -0.477 e. The number of aromatic nitrogens is 1. The number of carboxylic acids is 1. The first-order valence-electron chi connectivity index (χ1n) is 5.20. The van der Waals surface area contributed by atoms with Crippen LogP contribution < -0.4 is 4.31 Å². The van der Waals surface area contributed by atoms with Gasteiger partial charge >= 0.3 is 5.97 Å². The summed E-state index contributed by atoms with van der Waals surface area (Å²) in [4.78, 5) is 14.3. The van der Waals surface area contributed by atoms with Crippen molar-refractivity contribution in [2.45, 2.75) is 12.8 Å². The molecule has 0 radical (unpaired) electrons. The third-order valence-electron chi connectivity index (χ3n) is 2.60. The second kappa shape index (κ2) is 4.33. The highest BCUT2D eigenvalue weighted by Crippen LogP contribution is 2.22. The number of carbonyl (C=O) groups is 1. The van der Waals surface area contributed by atoms with E-state index in [0.29, 0.717) is 18.7 Å². The third kappa shape index (κ3) is 2.38. The van der Waals surface area contributed by atoms with Crippen molar-refractivity contribution in [1.29, 1.82) is 0 Å². The number of pyridine rings is 1. The van der Waals surface area contributed by atoms with Crippen LogP contribution in [0.15, 0.2) is 18.3 Å². The summed E-state index contributed by atoms with van der Waals surface area (Å²) in [7, 11) is -3.26. The summed E-state index contributed by atoms with van der Waals surface area (Å²) in [6.45, 7) is 0.427. The van der Waals surface area contributed by atoms with Gasteiger partial charge in [-0.1, -0.05) is 0 Å². The van der Waals surface area contributed by atoms with Gasteiger partial charge < -0.3 is 5.11 Å². The summed E-state index contributed by atoms with van der Waals surface area (Å²) in [5.74, 6) is -0.994. The Morgan fingerprint density at radius 3 is 2.65 bits per heavy atom. The second-order valence-electron chi connectivity index (χ2n) is 3.80. The van der Waals surface area contributed by atoms with Crippen LogP contribution in [0.2, 0.25) is 0 Å². The fraction of sp³-hybridized carbons (Fsp3) is 0.400. The van der Waals surface area contributed by atoms with E-state index < -0.39 is 16.0 Å². The summed E-state index contributed by atoms with van der Waals surface area (Å²) in [6.07, 6.45) is 2.76. The Morgan fingerprint density at radius 2 is 2.12 bits per heavy atom. The molecule has 0 unspecified atom stereocenters. The van der Waals surface area contributed by atoms with Crippen molar-refractivity contribution in [2.75, 3.05) is 16.6 Å². The molecule has 1 aromatic heterocycles. The van der Waals surface area contributed by atoms with Crippen LogP contribution >= 0.6 is 0 Å². The van der Waals surface area contributed by atoms with E-state index in [1.807, 2.05) is 0 Å². The summed E-state index contributed by atoms with van der Waals surface area (Å²) in [5.41, 5.74) is 0.331. The second-order valence-corrected chi connectivity index (χ2v) is 5.81. The van der Waals surface area contributed by atoms with Crippen LogP contribution in [-0.2, 0) is 10.0 Å². The van der Waals surface area contributed by atoms with Gasteiger partial charge in [-0.05, 0) is 25.0 Å². The minimum atomic E-state index is -3.26. The Kier molecular flexibility index (Phi) is 3.01. The van der Waals surface area contributed by atoms with Crippen molar-refractivity contribution in [1.82, 2.24) is 4.98 Å². The summed E-state index contributed by atoms with van der Waals surface area (Å²) < 4.78 is 24.9. The van der Waals surface area contributed by atoms with Gasteiger partial charge in [-0.2, -0.15) is 0 Å². The number of anilines is 1. The van der Waals surface area contributed by atoms with Crippen LogP contribution in [0.25, 0.3) is 0 Å². The SMILES string of the molecule is O=C(O)c1ccc(N2CCCCS2(=O)=O)cn1. The first-order chi connectivity index (χ1) is 8.00. The predicted molar refractivity (Wildman–Crippen MR) is 61.6 cm³/mol. The van der Waals surface area contributed by atoms with E-state index in [1.54, 1.807) is 0 Å². The maximum atomic E-state index is 11.8. The van der Waals surface area contributed by atoms with Gasteiger partial charge in [0.15, 0.2) is 0 Å². The van der Waals surface area contributed by atoms with Crippen molar-refractivity contribution in [3.8, 4) is 0 Å². The Hall–Kier alpha value is -1.63. The van der Waals surface area contributed by atoms with E-state index in [-0.39, 0.29) is 11.4 Å². The molecule has 1 fully saturated rings. The molecule has 0 spiro atoms. The summed E-state index contributed by atoms with van der Waals surface area (Å²) in [6, 6.07) is 2.78. The fourth-order valence-electron chi connectivity index (χ4n) is 1.74. The highest BCUT2D eigenvalue weighted by atomic mass is 32.2. The number of sulfonamides is 1. The van der Waals surface area contributed by atoms with Gasteiger partial charge in [0, 0.05) is 6.54 Å². The largest absolute Gasteiger partial charge is 0.477 e. The number of nitrogens with zero attached hydrogens (tertiary/aromatic N) is 2. The lowest BCUT2D eigenvalue weighted by Crippen LogP contribution is -2.37. The van der Waals surface area contributed by atoms with Gasteiger partial charge in [0.05, 0.1) is 17.6 Å². The predicted octanol–water partition coefficient (Wildman–Crippen LogP) is 0.710. The van der Waals surface area contributed by atoms with Crippen molar-refractivity contribution in [2.24, 2.45) is 0 Å². The molecule has 0 aromatic carbocycles. The maximum Gasteiger partial charge on any atom is 0.354 e. The molecular formula is C10H12N2O4S. The van der Waals surface area contributed by atoms with E-state index in [4.69, 9.17) is 5.11 Å². The van der Waals surface area contributed by atoms with Gasteiger partial charge in [-0.3, -0.25) is 4.31 Å². The van der Waals surface area contributed by atoms with Crippen molar-refractivity contribution < 1.29 is 18.3 Å². The number of aromatic carboxylic acids is 1. The van der Waals surface area contributed by atoms with Crippen LogP contribution in [0.4, 0.5) is 5.69 Å². The topological polar surface area (TPSA) is 87.6 Å². The molecule has 1 aliphatic rings. The van der Waals surface area contributed by atoms with Gasteiger partial charge in [-0.15, -0.1) is 0 Å². The molecule has 6 nitrogen and oxygen atoms in total. The standard InChI is InChI=1S/C10H12N2O4S/c13-10(14)9-4-3-8(7-11-9)12-5-1-2-6-17(12,15)16/h3-4,7H,1-2,5-6H2,(H,13,14). The summed E-state index contributed by atoms with van der Waals surface area (Å²) in [5, 5.41) is 8.69. The first kappa shape index (κ1) is 11.8. The molecule has 0 aliphatic carbocycles. The Balaban J connectivity index is 2.30. The molecule has 2 rings (SSSR count). The number of hydrogen-bond donors (Lipinski definition) is 1. The molecule has 2 heterocycles. The first-order valence-corrected chi connectivity index (χ1v) is 6.81. The molecule has 1 saturated heterocycles. The molecule has 0 saturated carbocycles. The molecule has 0 amide bonds. The lowest BCUT2D eigenvalue weighted by Gasteiger charge is -2.27. The molecule has 0 atom stereocenters. The van der Waals surface area contributed by atoms with Crippen LogP contribution in [0.1, 0.15) is 23.3 Å². The minimum absolute atomic E-state index is 0.0943. The van der Waals surface area contributed by atoms with Crippen LogP contribution in [0.5, 0.6) is 0 Å². The Labute approximate surface area is 98.9 Å². The number of carboxylic acid groups (broad SMARTS) is 1. The van der Waals surface area contributed by atoms with E-state index in [2.05, 4.69) is 4.98 Å². The Morgan fingerprint density at radius 1 is 1.35 bits per heavy atom. The van der Waals surface area contributed by atoms with Gasteiger partial charge in [0.1, 0.15) is 5.69 Å². The smallest absolute Gasteiger partial charge is 0.354 e. The number of rotatable bonds is 2. The lowest BCUT2D eigenvalue weighted by molar-refractivity contribution is 0.0690. The van der Waals surface area contributed by atoms with Crippen LogP contribution in [0.3, 0.4) is 0 Å². The van der Waals surface area contributed by atoms with Gasteiger partial charge in [-0.25, -0.2) is 18.2 Å². The lowest BCUT2D eigenvalue weighted by atomic mass is 10.3. The molecule has 0 bridgehead atoms. The molecule has 17 heavy (non-hydrogen) atoms. The fourth-order valence-corrected chi connectivity index (χ4v) is 3.36. The molecular weight excluding hydrogens is 244 g/mol. The molecule has 1 aromatic rings. The normalized spacial score (nSPS) is 18.9. The Bertz CT molecular complexity index is 524. The monoisotopic (exact) mass is 256 g/mol. The molecule has 92 valence electrons. The third-order valence-corrected chi connectivity index (χ3v) is 4.47. The average molecular weight is 256 g/mol. The van der Waals surface area contributed by atoms with Crippen molar-refractivity contribution in [3.63, 3.8) is 0 Å². The quantitative estimate of drug-likeness (QED) is 0.842. The van der Waals surface area contributed by atoms with E-state index in [1.165, 1.54) is 22.6 Å². The van der Waals surface area contributed by atoms with E-state index in [9.17, 15) is 13.2 Å². The zero-order valence-corrected chi connectivity index (χ0v) is 9.85. The highest BCUT2D eigenvalue weighted by molar-refractivity contribution is 7.92. The van der Waals surface area contributed by atoms with Gasteiger partial charge in [0.2, 0.25) is 10.0 Å². The zero-order valence-electron chi connectivity index (χ0n) is 9.04. The van der Waals surface area contributed by atoms with Gasteiger partial charge in [0.25, 0.3) is 0 Å². The molecule has 7 heteroatoms. The highest BCUT2D eigenvalue weighted by Gasteiger charge is 2.26.